The first kappa shape index (κ1) is 15.1. The van der Waals surface area contributed by atoms with Gasteiger partial charge in [-0.15, -0.1) is 0 Å². The molecule has 7 heteroatoms. The number of aryl methyl sites for hydroxylation is 2. The first-order valence-electron chi connectivity index (χ1n) is 6.53. The summed E-state index contributed by atoms with van der Waals surface area (Å²) < 4.78 is 15.7. The summed E-state index contributed by atoms with van der Waals surface area (Å²) in [5, 5.41) is 18.1. The van der Waals surface area contributed by atoms with Crippen molar-refractivity contribution in [3.8, 4) is 0 Å². The zero-order valence-corrected chi connectivity index (χ0v) is 12.2. The van der Waals surface area contributed by atoms with Crippen molar-refractivity contribution in [1.29, 1.82) is 0 Å². The lowest BCUT2D eigenvalue weighted by molar-refractivity contribution is -0.387. The van der Waals surface area contributed by atoms with Gasteiger partial charge >= 0.3 is 5.69 Å². The molecule has 0 aliphatic carbocycles. The highest BCUT2D eigenvalue weighted by Crippen LogP contribution is 2.20. The van der Waals surface area contributed by atoms with Gasteiger partial charge in [-0.2, -0.15) is 9.49 Å². The van der Waals surface area contributed by atoms with Gasteiger partial charge in [-0.05, 0) is 13.8 Å². The number of nitrogens with one attached hydrogen (secondary N) is 1. The standard InChI is InChI=1S/C14H17FN4O2/c1-9-12(10(2)18(3)17-9)8-16-7-11-5-4-6-13(14(11)15)19(20)21/h4-6,16H,7-8H2,1-3H3. The van der Waals surface area contributed by atoms with Crippen molar-refractivity contribution in [2.24, 2.45) is 7.05 Å². The second kappa shape index (κ2) is 6.01. The van der Waals surface area contributed by atoms with Crippen molar-refractivity contribution in [3.63, 3.8) is 0 Å². The van der Waals surface area contributed by atoms with Gasteiger partial charge in [-0.25, -0.2) is 0 Å². The fourth-order valence-corrected chi connectivity index (χ4v) is 2.24. The number of rotatable bonds is 5. The summed E-state index contributed by atoms with van der Waals surface area (Å²) in [5.74, 6) is -0.783. The second-order valence-electron chi connectivity index (χ2n) is 4.88. The van der Waals surface area contributed by atoms with Crippen LogP contribution >= 0.6 is 0 Å². The Morgan fingerprint density at radius 2 is 2.10 bits per heavy atom. The normalized spacial score (nSPS) is 10.9. The van der Waals surface area contributed by atoms with Gasteiger partial charge in [-0.1, -0.05) is 12.1 Å². The third kappa shape index (κ3) is 3.08. The van der Waals surface area contributed by atoms with E-state index in [1.165, 1.54) is 12.1 Å². The van der Waals surface area contributed by atoms with Crippen molar-refractivity contribution < 1.29 is 9.31 Å². The first-order chi connectivity index (χ1) is 9.91. The van der Waals surface area contributed by atoms with Crippen molar-refractivity contribution in [3.05, 3.63) is 56.6 Å². The number of nitro groups is 1. The van der Waals surface area contributed by atoms with E-state index in [4.69, 9.17) is 0 Å². The van der Waals surface area contributed by atoms with E-state index in [1.54, 1.807) is 4.68 Å². The van der Waals surface area contributed by atoms with Crippen molar-refractivity contribution in [2.45, 2.75) is 26.9 Å². The maximum atomic E-state index is 13.9. The van der Waals surface area contributed by atoms with E-state index in [-0.39, 0.29) is 12.1 Å². The minimum absolute atomic E-state index is 0.223. The zero-order valence-electron chi connectivity index (χ0n) is 12.2. The molecule has 112 valence electrons. The Kier molecular flexibility index (Phi) is 4.32. The van der Waals surface area contributed by atoms with Gasteiger partial charge in [-0.3, -0.25) is 14.8 Å². The van der Waals surface area contributed by atoms with Crippen LogP contribution in [0.3, 0.4) is 0 Å². The number of aromatic nitrogens is 2. The third-order valence-corrected chi connectivity index (χ3v) is 3.53. The molecule has 0 bridgehead atoms. The minimum atomic E-state index is -0.783. The molecule has 1 N–H and O–H groups in total. The van der Waals surface area contributed by atoms with Crippen LogP contribution in [0.2, 0.25) is 0 Å². The number of nitrogens with zero attached hydrogens (tertiary/aromatic N) is 3. The van der Waals surface area contributed by atoms with Gasteiger partial charge in [0, 0.05) is 43.0 Å². The molecule has 0 amide bonds. The van der Waals surface area contributed by atoms with Gasteiger partial charge in [0.25, 0.3) is 0 Å². The molecule has 0 radical (unpaired) electrons. The Labute approximate surface area is 121 Å². The Morgan fingerprint density at radius 3 is 2.67 bits per heavy atom. The summed E-state index contributed by atoms with van der Waals surface area (Å²) in [6, 6.07) is 4.19. The molecule has 21 heavy (non-hydrogen) atoms. The monoisotopic (exact) mass is 292 g/mol. The minimum Gasteiger partial charge on any atom is -0.308 e. The van der Waals surface area contributed by atoms with Crippen LogP contribution in [0.15, 0.2) is 18.2 Å². The molecule has 0 spiro atoms. The Hall–Kier alpha value is -2.28. The molecule has 0 unspecified atom stereocenters. The smallest absolute Gasteiger partial charge is 0.305 e. The number of hydrogen-bond donors (Lipinski definition) is 1. The molecule has 2 rings (SSSR count). The molecule has 1 aromatic carbocycles. The second-order valence-corrected chi connectivity index (χ2v) is 4.88. The maximum absolute atomic E-state index is 13.9. The van der Waals surface area contributed by atoms with Crippen LogP contribution < -0.4 is 5.32 Å². The Morgan fingerprint density at radius 1 is 1.38 bits per heavy atom. The molecule has 0 aliphatic rings. The molecular weight excluding hydrogens is 275 g/mol. The lowest BCUT2D eigenvalue weighted by Crippen LogP contribution is -2.15. The number of hydrogen-bond acceptors (Lipinski definition) is 4. The van der Waals surface area contributed by atoms with E-state index in [9.17, 15) is 14.5 Å². The van der Waals surface area contributed by atoms with Gasteiger partial charge in [0.15, 0.2) is 0 Å². The summed E-state index contributed by atoms with van der Waals surface area (Å²) in [4.78, 5) is 9.98. The molecule has 0 atom stereocenters. The zero-order chi connectivity index (χ0) is 15.6. The van der Waals surface area contributed by atoms with E-state index >= 15 is 0 Å². The van der Waals surface area contributed by atoms with Crippen molar-refractivity contribution in [1.82, 2.24) is 15.1 Å². The van der Waals surface area contributed by atoms with Gasteiger partial charge < -0.3 is 5.32 Å². The van der Waals surface area contributed by atoms with E-state index in [0.717, 1.165) is 23.0 Å². The maximum Gasteiger partial charge on any atom is 0.305 e. The lowest BCUT2D eigenvalue weighted by Gasteiger charge is -2.07. The highest BCUT2D eigenvalue weighted by molar-refractivity contribution is 5.36. The average molecular weight is 292 g/mol. The van der Waals surface area contributed by atoms with Crippen LogP contribution in [0.1, 0.15) is 22.5 Å². The average Bonchev–Trinajstić information content (AvgIpc) is 2.66. The first-order valence-corrected chi connectivity index (χ1v) is 6.53. The number of benzene rings is 1. The molecule has 6 nitrogen and oxygen atoms in total. The molecule has 2 aromatic rings. The lowest BCUT2D eigenvalue weighted by atomic mass is 10.1. The molecule has 0 saturated heterocycles. The summed E-state index contributed by atoms with van der Waals surface area (Å²) in [6.07, 6.45) is 0. The SMILES string of the molecule is Cc1nn(C)c(C)c1CNCc1cccc([N+](=O)[O-])c1F. The number of nitro benzene ring substituents is 1. The van der Waals surface area contributed by atoms with Crippen LogP contribution in [-0.4, -0.2) is 14.7 Å². The molecule has 1 aromatic heterocycles. The van der Waals surface area contributed by atoms with Crippen LogP contribution in [0, 0.1) is 29.8 Å². The van der Waals surface area contributed by atoms with E-state index in [2.05, 4.69) is 10.4 Å². The highest BCUT2D eigenvalue weighted by Gasteiger charge is 2.17. The van der Waals surface area contributed by atoms with Crippen LogP contribution in [0.25, 0.3) is 0 Å². The van der Waals surface area contributed by atoms with E-state index in [1.807, 2.05) is 20.9 Å². The van der Waals surface area contributed by atoms with Gasteiger partial charge in [0.05, 0.1) is 10.6 Å². The predicted octanol–water partition coefficient (Wildman–Crippen LogP) is 2.37. The fraction of sp³-hybridized carbons (Fsp3) is 0.357. The molecule has 1 heterocycles. The van der Waals surface area contributed by atoms with Crippen LogP contribution in [0.4, 0.5) is 10.1 Å². The molecular formula is C14H17FN4O2. The number of halogens is 1. The Bertz CT molecular complexity index is 682. The third-order valence-electron chi connectivity index (χ3n) is 3.53. The largest absolute Gasteiger partial charge is 0.308 e. The van der Waals surface area contributed by atoms with Crippen LogP contribution in [-0.2, 0) is 20.1 Å². The van der Waals surface area contributed by atoms with E-state index in [0.29, 0.717) is 6.54 Å². The quantitative estimate of drug-likeness (QED) is 0.678. The summed E-state index contributed by atoms with van der Waals surface area (Å²) >= 11 is 0. The predicted molar refractivity (Wildman–Crippen MR) is 76.3 cm³/mol. The summed E-state index contributed by atoms with van der Waals surface area (Å²) in [5.41, 5.74) is 2.80. The van der Waals surface area contributed by atoms with Crippen molar-refractivity contribution in [2.75, 3.05) is 0 Å². The Balaban J connectivity index is 2.07. The highest BCUT2D eigenvalue weighted by atomic mass is 19.1. The van der Waals surface area contributed by atoms with Crippen LogP contribution in [0.5, 0.6) is 0 Å². The molecule has 0 fully saturated rings. The summed E-state index contributed by atoms with van der Waals surface area (Å²) in [6.45, 7) is 4.64. The van der Waals surface area contributed by atoms with Gasteiger partial charge in [0.2, 0.25) is 5.82 Å². The van der Waals surface area contributed by atoms with Crippen molar-refractivity contribution >= 4 is 5.69 Å². The molecule has 0 aliphatic heterocycles. The van der Waals surface area contributed by atoms with Gasteiger partial charge in [0.1, 0.15) is 0 Å². The van der Waals surface area contributed by atoms with E-state index < -0.39 is 16.4 Å². The fourth-order valence-electron chi connectivity index (χ4n) is 2.24. The molecule has 0 saturated carbocycles. The summed E-state index contributed by atoms with van der Waals surface area (Å²) in [7, 11) is 1.87. The topological polar surface area (TPSA) is 73.0 Å².